The highest BCUT2D eigenvalue weighted by Crippen LogP contribution is 2.25. The molecular weight excluding hydrogens is 384 g/mol. The van der Waals surface area contributed by atoms with Crippen molar-refractivity contribution in [1.82, 2.24) is 0 Å². The maximum absolute atomic E-state index is 12.3. The second kappa shape index (κ2) is 6.21. The van der Waals surface area contributed by atoms with E-state index in [1.807, 2.05) is 31.2 Å². The monoisotopic (exact) mass is 392 g/mol. The lowest BCUT2D eigenvalue weighted by Crippen LogP contribution is -2.13. The molecule has 20 heavy (non-hydrogen) atoms. The summed E-state index contributed by atoms with van der Waals surface area (Å²) in [7, 11) is 0. The molecule has 100 valence electrons. The highest BCUT2D eigenvalue weighted by molar-refractivity contribution is 9.11. The number of nitriles is 1. The lowest BCUT2D eigenvalue weighted by Gasteiger charge is -2.09. The minimum absolute atomic E-state index is 0.203. The van der Waals surface area contributed by atoms with E-state index in [2.05, 4.69) is 37.2 Å². The SMILES string of the molecule is Cc1ccc(Br)c(C(=O)Nc2ccc(C#N)cc2Br)c1. The van der Waals surface area contributed by atoms with E-state index >= 15 is 0 Å². The maximum Gasteiger partial charge on any atom is 0.256 e. The molecule has 0 aromatic heterocycles. The first kappa shape index (κ1) is 14.8. The van der Waals surface area contributed by atoms with Crippen molar-refractivity contribution >= 4 is 43.5 Å². The fourth-order valence-corrected chi connectivity index (χ4v) is 2.59. The molecule has 0 fully saturated rings. The number of carbonyl (C=O) groups is 1. The van der Waals surface area contributed by atoms with Gasteiger partial charge in [-0.2, -0.15) is 5.26 Å². The largest absolute Gasteiger partial charge is 0.321 e. The van der Waals surface area contributed by atoms with Crippen molar-refractivity contribution in [3.05, 3.63) is 62.0 Å². The smallest absolute Gasteiger partial charge is 0.256 e. The van der Waals surface area contributed by atoms with Crippen molar-refractivity contribution in [3.63, 3.8) is 0 Å². The molecule has 0 aliphatic heterocycles. The van der Waals surface area contributed by atoms with E-state index in [9.17, 15) is 4.79 Å². The third kappa shape index (κ3) is 3.27. The first-order valence-electron chi connectivity index (χ1n) is 5.78. The fraction of sp³-hybridized carbons (Fsp3) is 0.0667. The van der Waals surface area contributed by atoms with E-state index in [4.69, 9.17) is 5.26 Å². The van der Waals surface area contributed by atoms with Crippen LogP contribution in [0.4, 0.5) is 5.69 Å². The van der Waals surface area contributed by atoms with Crippen LogP contribution in [-0.4, -0.2) is 5.91 Å². The number of rotatable bonds is 2. The number of aryl methyl sites for hydroxylation is 1. The van der Waals surface area contributed by atoms with E-state index < -0.39 is 0 Å². The number of halogens is 2. The standard InChI is InChI=1S/C15H10Br2N2O/c1-9-2-4-12(16)11(6-9)15(20)19-14-5-3-10(8-18)7-13(14)17/h2-7H,1H3,(H,19,20). The normalized spacial score (nSPS) is 9.90. The molecule has 0 aliphatic carbocycles. The van der Waals surface area contributed by atoms with Crippen LogP contribution in [0, 0.1) is 18.3 Å². The van der Waals surface area contributed by atoms with E-state index in [1.54, 1.807) is 18.2 Å². The Morgan fingerprint density at radius 1 is 1.15 bits per heavy atom. The number of benzene rings is 2. The van der Waals surface area contributed by atoms with Crippen LogP contribution in [0.3, 0.4) is 0 Å². The molecule has 0 saturated heterocycles. The van der Waals surface area contributed by atoms with E-state index in [0.29, 0.717) is 21.3 Å². The summed E-state index contributed by atoms with van der Waals surface area (Å²) in [5.74, 6) is -0.203. The molecule has 1 amide bonds. The van der Waals surface area contributed by atoms with Gasteiger partial charge in [-0.3, -0.25) is 4.79 Å². The average molecular weight is 394 g/mol. The number of carbonyl (C=O) groups excluding carboxylic acids is 1. The molecule has 0 bridgehead atoms. The maximum atomic E-state index is 12.3. The Kier molecular flexibility index (Phi) is 4.58. The van der Waals surface area contributed by atoms with E-state index in [-0.39, 0.29) is 5.91 Å². The summed E-state index contributed by atoms with van der Waals surface area (Å²) in [6.07, 6.45) is 0. The molecule has 5 heteroatoms. The fourth-order valence-electron chi connectivity index (χ4n) is 1.69. The van der Waals surface area contributed by atoms with Gasteiger partial charge in [0.25, 0.3) is 5.91 Å². The minimum Gasteiger partial charge on any atom is -0.321 e. The molecule has 0 heterocycles. The predicted octanol–water partition coefficient (Wildman–Crippen LogP) is 4.64. The number of hydrogen-bond donors (Lipinski definition) is 1. The summed E-state index contributed by atoms with van der Waals surface area (Å²) in [6.45, 7) is 1.93. The summed E-state index contributed by atoms with van der Waals surface area (Å²) in [5, 5.41) is 11.6. The molecule has 3 nitrogen and oxygen atoms in total. The van der Waals surface area contributed by atoms with Crippen molar-refractivity contribution in [1.29, 1.82) is 5.26 Å². The van der Waals surface area contributed by atoms with Crippen LogP contribution >= 0.6 is 31.9 Å². The van der Waals surface area contributed by atoms with Crippen molar-refractivity contribution in [2.24, 2.45) is 0 Å². The van der Waals surface area contributed by atoms with Crippen LogP contribution in [0.2, 0.25) is 0 Å². The number of nitrogens with zero attached hydrogens (tertiary/aromatic N) is 1. The molecule has 0 unspecified atom stereocenters. The van der Waals surface area contributed by atoms with Gasteiger partial charge < -0.3 is 5.32 Å². The Morgan fingerprint density at radius 2 is 1.90 bits per heavy atom. The predicted molar refractivity (Wildman–Crippen MR) is 85.7 cm³/mol. The average Bonchev–Trinajstić information content (AvgIpc) is 2.43. The second-order valence-corrected chi connectivity index (χ2v) is 5.95. The van der Waals surface area contributed by atoms with E-state index in [0.717, 1.165) is 10.0 Å². The Hall–Kier alpha value is -1.64. The first-order chi connectivity index (χ1) is 9.51. The Morgan fingerprint density at radius 3 is 2.55 bits per heavy atom. The zero-order valence-corrected chi connectivity index (χ0v) is 13.7. The Bertz CT molecular complexity index is 720. The molecule has 2 aromatic rings. The number of hydrogen-bond acceptors (Lipinski definition) is 2. The van der Waals surface area contributed by atoms with Gasteiger partial charge in [-0.25, -0.2) is 0 Å². The highest BCUT2D eigenvalue weighted by Gasteiger charge is 2.12. The summed E-state index contributed by atoms with van der Waals surface area (Å²) in [5.41, 5.74) is 2.74. The number of anilines is 1. The molecule has 0 radical (unpaired) electrons. The highest BCUT2D eigenvalue weighted by atomic mass is 79.9. The number of amides is 1. The quantitative estimate of drug-likeness (QED) is 0.807. The van der Waals surface area contributed by atoms with Crippen LogP contribution in [0.15, 0.2) is 45.3 Å². The van der Waals surface area contributed by atoms with Crippen LogP contribution < -0.4 is 5.32 Å². The summed E-state index contributed by atoms with van der Waals surface area (Å²) in [4.78, 5) is 12.3. The van der Waals surface area contributed by atoms with Gasteiger partial charge in [-0.1, -0.05) is 11.6 Å². The second-order valence-electron chi connectivity index (χ2n) is 4.24. The molecular formula is C15H10Br2N2O. The van der Waals surface area contributed by atoms with Gasteiger partial charge in [0.1, 0.15) is 0 Å². The summed E-state index contributed by atoms with van der Waals surface area (Å²) < 4.78 is 1.42. The topological polar surface area (TPSA) is 52.9 Å². The van der Waals surface area contributed by atoms with Crippen LogP contribution in [0.5, 0.6) is 0 Å². The molecule has 1 N–H and O–H groups in total. The third-order valence-electron chi connectivity index (χ3n) is 2.71. The van der Waals surface area contributed by atoms with Crippen LogP contribution in [-0.2, 0) is 0 Å². The van der Waals surface area contributed by atoms with Gasteiger partial charge in [0.2, 0.25) is 0 Å². The lowest BCUT2D eigenvalue weighted by molar-refractivity contribution is 0.102. The Balaban J connectivity index is 2.28. The molecule has 0 spiro atoms. The van der Waals surface area contributed by atoms with Crippen LogP contribution in [0.1, 0.15) is 21.5 Å². The van der Waals surface area contributed by atoms with Gasteiger partial charge >= 0.3 is 0 Å². The van der Waals surface area contributed by atoms with Gasteiger partial charge in [-0.15, -0.1) is 0 Å². The zero-order chi connectivity index (χ0) is 14.7. The van der Waals surface area contributed by atoms with Gasteiger partial charge in [0.05, 0.1) is 22.9 Å². The summed E-state index contributed by atoms with van der Waals surface area (Å²) in [6, 6.07) is 12.7. The van der Waals surface area contributed by atoms with Crippen molar-refractivity contribution in [2.45, 2.75) is 6.92 Å². The molecule has 2 rings (SSSR count). The van der Waals surface area contributed by atoms with Gasteiger partial charge in [-0.05, 0) is 69.1 Å². The van der Waals surface area contributed by atoms with Crippen molar-refractivity contribution in [3.8, 4) is 6.07 Å². The third-order valence-corrected chi connectivity index (χ3v) is 4.06. The van der Waals surface area contributed by atoms with Crippen LogP contribution in [0.25, 0.3) is 0 Å². The molecule has 2 aromatic carbocycles. The number of nitrogens with one attached hydrogen (secondary N) is 1. The van der Waals surface area contributed by atoms with Crippen molar-refractivity contribution in [2.75, 3.05) is 5.32 Å². The first-order valence-corrected chi connectivity index (χ1v) is 7.37. The zero-order valence-electron chi connectivity index (χ0n) is 10.6. The molecule has 0 aliphatic rings. The minimum atomic E-state index is -0.203. The summed E-state index contributed by atoms with van der Waals surface area (Å²) >= 11 is 6.71. The van der Waals surface area contributed by atoms with E-state index in [1.165, 1.54) is 0 Å². The molecule has 0 atom stereocenters. The van der Waals surface area contributed by atoms with Gasteiger partial charge in [0, 0.05) is 8.95 Å². The van der Waals surface area contributed by atoms with Crippen molar-refractivity contribution < 1.29 is 4.79 Å². The Labute approximate surface area is 133 Å². The van der Waals surface area contributed by atoms with Gasteiger partial charge in [0.15, 0.2) is 0 Å². The lowest BCUT2D eigenvalue weighted by atomic mass is 10.1. The molecule has 0 saturated carbocycles.